The van der Waals surface area contributed by atoms with E-state index in [4.69, 9.17) is 10.5 Å². The van der Waals surface area contributed by atoms with Crippen LogP contribution in [0.15, 0.2) is 67.1 Å². The summed E-state index contributed by atoms with van der Waals surface area (Å²) >= 11 is 0. The highest BCUT2D eigenvalue weighted by Crippen LogP contribution is 2.35. The van der Waals surface area contributed by atoms with Gasteiger partial charge in [0.15, 0.2) is 0 Å². The van der Waals surface area contributed by atoms with E-state index < -0.39 is 0 Å². The van der Waals surface area contributed by atoms with Crippen LogP contribution in [-0.2, 0) is 6.42 Å². The average Bonchev–Trinajstić information content (AvgIpc) is 3.10. The lowest BCUT2D eigenvalue weighted by molar-refractivity contribution is 0.415. The minimum absolute atomic E-state index is 0.233. The molecule has 2 heterocycles. The first-order chi connectivity index (χ1) is 13.2. The second-order valence-corrected chi connectivity index (χ2v) is 6.67. The van der Waals surface area contributed by atoms with E-state index in [1.54, 1.807) is 7.11 Å². The van der Waals surface area contributed by atoms with Crippen LogP contribution >= 0.6 is 0 Å². The molecule has 2 aromatic heterocycles. The molecule has 0 spiro atoms. The van der Waals surface area contributed by atoms with Crippen LogP contribution < -0.4 is 10.5 Å². The van der Waals surface area contributed by atoms with Gasteiger partial charge < -0.3 is 15.0 Å². The first kappa shape index (κ1) is 17.1. The maximum atomic E-state index is 6.23. The number of nitrogens with two attached hydrogens (primary N) is 1. The standard InChI is InChI=1S/C22H22N4O/c1-15(12-16-6-4-3-5-7-16)26-13-19(17-8-10-18(27-2)11-9-17)20-21(23)24-14-25-22(20)26/h3-11,13-15H,12H2,1-2H3,(H2,23,24,25). The SMILES string of the molecule is COc1ccc(-c2cn(C(C)Cc3ccccc3)c3ncnc(N)c23)cc1. The Morgan fingerprint density at radius 1 is 1.04 bits per heavy atom. The van der Waals surface area contributed by atoms with Crippen LogP contribution in [0, 0.1) is 0 Å². The van der Waals surface area contributed by atoms with Gasteiger partial charge in [0.1, 0.15) is 23.5 Å². The van der Waals surface area contributed by atoms with Gasteiger partial charge in [-0.2, -0.15) is 0 Å². The summed E-state index contributed by atoms with van der Waals surface area (Å²) < 4.78 is 7.47. The molecule has 4 aromatic rings. The van der Waals surface area contributed by atoms with Crippen molar-refractivity contribution in [3.63, 3.8) is 0 Å². The van der Waals surface area contributed by atoms with Gasteiger partial charge >= 0.3 is 0 Å². The number of aromatic nitrogens is 3. The topological polar surface area (TPSA) is 66.0 Å². The van der Waals surface area contributed by atoms with Gasteiger partial charge in [0.2, 0.25) is 0 Å². The molecule has 0 radical (unpaired) electrons. The molecule has 0 fully saturated rings. The van der Waals surface area contributed by atoms with Crippen molar-refractivity contribution in [2.24, 2.45) is 0 Å². The zero-order chi connectivity index (χ0) is 18.8. The normalized spacial score (nSPS) is 12.2. The van der Waals surface area contributed by atoms with Crippen LogP contribution in [0.4, 0.5) is 5.82 Å². The summed E-state index contributed by atoms with van der Waals surface area (Å²) in [6.07, 6.45) is 4.57. The van der Waals surface area contributed by atoms with Gasteiger partial charge in [-0.3, -0.25) is 0 Å². The van der Waals surface area contributed by atoms with Gasteiger partial charge in [-0.1, -0.05) is 42.5 Å². The molecule has 0 aliphatic rings. The van der Waals surface area contributed by atoms with Gasteiger partial charge in [0.05, 0.1) is 12.5 Å². The lowest BCUT2D eigenvalue weighted by Crippen LogP contribution is -2.08. The molecule has 0 saturated heterocycles. The van der Waals surface area contributed by atoms with E-state index in [0.29, 0.717) is 5.82 Å². The zero-order valence-electron chi connectivity index (χ0n) is 15.5. The zero-order valence-corrected chi connectivity index (χ0v) is 15.5. The Morgan fingerprint density at radius 2 is 1.78 bits per heavy atom. The van der Waals surface area contributed by atoms with Crippen LogP contribution in [0.2, 0.25) is 0 Å². The highest BCUT2D eigenvalue weighted by atomic mass is 16.5. The predicted octanol–water partition coefficient (Wildman–Crippen LogP) is 4.49. The van der Waals surface area contributed by atoms with Crippen molar-refractivity contribution >= 4 is 16.9 Å². The van der Waals surface area contributed by atoms with Gasteiger partial charge in [-0.05, 0) is 36.6 Å². The summed E-state index contributed by atoms with van der Waals surface area (Å²) in [6.45, 7) is 2.20. The Bertz CT molecular complexity index is 1060. The molecule has 5 nitrogen and oxygen atoms in total. The van der Waals surface area contributed by atoms with Crippen molar-refractivity contribution < 1.29 is 4.74 Å². The Kier molecular flexibility index (Phi) is 4.50. The van der Waals surface area contributed by atoms with Crippen LogP contribution in [0.1, 0.15) is 18.5 Å². The van der Waals surface area contributed by atoms with Crippen molar-refractivity contribution in [3.05, 3.63) is 72.7 Å². The van der Waals surface area contributed by atoms with Gasteiger partial charge in [0, 0.05) is 17.8 Å². The Morgan fingerprint density at radius 3 is 2.48 bits per heavy atom. The van der Waals surface area contributed by atoms with Gasteiger partial charge in [-0.15, -0.1) is 0 Å². The van der Waals surface area contributed by atoms with Crippen molar-refractivity contribution in [3.8, 4) is 16.9 Å². The lowest BCUT2D eigenvalue weighted by atomic mass is 10.1. The second kappa shape index (κ2) is 7.11. The summed E-state index contributed by atoms with van der Waals surface area (Å²) in [5.74, 6) is 1.32. The number of ether oxygens (including phenoxy) is 1. The van der Waals surface area contributed by atoms with E-state index in [9.17, 15) is 0 Å². The number of hydrogen-bond donors (Lipinski definition) is 1. The van der Waals surface area contributed by atoms with Crippen LogP contribution in [0.5, 0.6) is 5.75 Å². The summed E-state index contributed by atoms with van der Waals surface area (Å²) in [5.41, 5.74) is 10.5. The number of anilines is 1. The molecule has 0 saturated carbocycles. The van der Waals surface area contributed by atoms with Crippen LogP contribution in [0.25, 0.3) is 22.2 Å². The first-order valence-corrected chi connectivity index (χ1v) is 8.96. The summed E-state index contributed by atoms with van der Waals surface area (Å²) in [6, 6.07) is 18.7. The molecule has 2 aromatic carbocycles. The second-order valence-electron chi connectivity index (χ2n) is 6.67. The Labute approximate surface area is 158 Å². The molecular formula is C22H22N4O. The maximum absolute atomic E-state index is 6.23. The van der Waals surface area contributed by atoms with Gasteiger partial charge in [-0.25, -0.2) is 9.97 Å². The maximum Gasteiger partial charge on any atom is 0.146 e. The molecule has 27 heavy (non-hydrogen) atoms. The summed E-state index contributed by atoms with van der Waals surface area (Å²) in [7, 11) is 1.66. The molecule has 4 rings (SSSR count). The summed E-state index contributed by atoms with van der Waals surface area (Å²) in [5, 5.41) is 0.891. The minimum atomic E-state index is 0.233. The Hall–Kier alpha value is -3.34. The van der Waals surface area contributed by atoms with E-state index in [0.717, 1.165) is 34.3 Å². The molecular weight excluding hydrogens is 336 g/mol. The molecule has 0 aliphatic heterocycles. The smallest absolute Gasteiger partial charge is 0.146 e. The van der Waals surface area contributed by atoms with E-state index in [1.165, 1.54) is 11.9 Å². The molecule has 0 aliphatic carbocycles. The van der Waals surface area contributed by atoms with E-state index in [1.807, 2.05) is 30.3 Å². The lowest BCUT2D eigenvalue weighted by Gasteiger charge is -2.14. The summed E-state index contributed by atoms with van der Waals surface area (Å²) in [4.78, 5) is 8.74. The highest BCUT2D eigenvalue weighted by Gasteiger charge is 2.18. The Balaban J connectivity index is 1.81. The molecule has 0 bridgehead atoms. The minimum Gasteiger partial charge on any atom is -0.497 e. The van der Waals surface area contributed by atoms with Crippen molar-refractivity contribution in [2.45, 2.75) is 19.4 Å². The number of nitrogen functional groups attached to an aromatic ring is 1. The van der Waals surface area contributed by atoms with Crippen molar-refractivity contribution in [1.82, 2.24) is 14.5 Å². The fourth-order valence-corrected chi connectivity index (χ4v) is 3.49. The predicted molar refractivity (Wildman–Crippen MR) is 109 cm³/mol. The first-order valence-electron chi connectivity index (χ1n) is 8.96. The fraction of sp³-hybridized carbons (Fsp3) is 0.182. The largest absolute Gasteiger partial charge is 0.497 e. The van der Waals surface area contributed by atoms with Gasteiger partial charge in [0.25, 0.3) is 0 Å². The number of methoxy groups -OCH3 is 1. The molecule has 1 atom stereocenters. The fourth-order valence-electron chi connectivity index (χ4n) is 3.49. The third-order valence-corrected chi connectivity index (χ3v) is 4.89. The number of rotatable bonds is 5. The third-order valence-electron chi connectivity index (χ3n) is 4.89. The molecule has 5 heteroatoms. The van der Waals surface area contributed by atoms with Crippen LogP contribution in [-0.4, -0.2) is 21.6 Å². The quantitative estimate of drug-likeness (QED) is 0.571. The van der Waals surface area contributed by atoms with Crippen LogP contribution in [0.3, 0.4) is 0 Å². The molecule has 136 valence electrons. The van der Waals surface area contributed by atoms with E-state index >= 15 is 0 Å². The molecule has 2 N–H and O–H groups in total. The highest BCUT2D eigenvalue weighted by molar-refractivity contribution is 6.00. The number of hydrogen-bond acceptors (Lipinski definition) is 4. The molecule has 0 amide bonds. The number of benzene rings is 2. The van der Waals surface area contributed by atoms with E-state index in [-0.39, 0.29) is 6.04 Å². The van der Waals surface area contributed by atoms with Crippen molar-refractivity contribution in [1.29, 1.82) is 0 Å². The number of nitrogens with zero attached hydrogens (tertiary/aromatic N) is 3. The number of fused-ring (bicyclic) bond motifs is 1. The average molecular weight is 358 g/mol. The third kappa shape index (κ3) is 3.24. The monoisotopic (exact) mass is 358 g/mol. The van der Waals surface area contributed by atoms with Crippen molar-refractivity contribution in [2.75, 3.05) is 12.8 Å². The van der Waals surface area contributed by atoms with E-state index in [2.05, 4.69) is 51.9 Å². The molecule has 1 unspecified atom stereocenters.